The third-order valence-electron chi connectivity index (χ3n) is 5.12. The van der Waals surface area contributed by atoms with E-state index < -0.39 is 0 Å². The van der Waals surface area contributed by atoms with Gasteiger partial charge in [0.1, 0.15) is 5.82 Å². The number of allylic oxidation sites excluding steroid dienone is 2. The molecule has 0 unspecified atom stereocenters. The molecular formula is C24H28ClFN6S2. The Labute approximate surface area is 214 Å². The number of halogens is 2. The van der Waals surface area contributed by atoms with Gasteiger partial charge in [0, 0.05) is 34.5 Å². The molecule has 180 valence electrons. The van der Waals surface area contributed by atoms with Gasteiger partial charge in [0.25, 0.3) is 0 Å². The highest BCUT2D eigenvalue weighted by molar-refractivity contribution is 7.98. The summed E-state index contributed by atoms with van der Waals surface area (Å²) in [6.07, 6.45) is 5.92. The van der Waals surface area contributed by atoms with Crippen LogP contribution in [0.15, 0.2) is 88.8 Å². The van der Waals surface area contributed by atoms with Crippen LogP contribution in [0.25, 0.3) is 0 Å². The first-order chi connectivity index (χ1) is 16.5. The Balaban J connectivity index is 0.000000751. The number of rotatable bonds is 7. The highest BCUT2D eigenvalue weighted by Crippen LogP contribution is 2.26. The van der Waals surface area contributed by atoms with Gasteiger partial charge in [0.15, 0.2) is 0 Å². The number of hydrogen-bond acceptors (Lipinski definition) is 6. The number of benzene rings is 2. The highest BCUT2D eigenvalue weighted by Gasteiger charge is 2.30. The van der Waals surface area contributed by atoms with Gasteiger partial charge in [-0.25, -0.2) is 19.1 Å². The fourth-order valence-electron chi connectivity index (χ4n) is 3.27. The Morgan fingerprint density at radius 2 is 1.82 bits per heavy atom. The summed E-state index contributed by atoms with van der Waals surface area (Å²) in [5.41, 5.74) is 1.85. The quantitative estimate of drug-likeness (QED) is 0.193. The first-order valence-electron chi connectivity index (χ1n) is 10.7. The van der Waals surface area contributed by atoms with Crippen molar-refractivity contribution in [2.75, 3.05) is 6.54 Å². The van der Waals surface area contributed by atoms with Crippen LogP contribution in [0, 0.1) is 5.82 Å². The topological polar surface area (TPSA) is 78.0 Å². The second kappa shape index (κ2) is 13.6. The van der Waals surface area contributed by atoms with E-state index >= 15 is 0 Å². The smallest absolute Gasteiger partial charge is 0.225 e. The Morgan fingerprint density at radius 3 is 2.44 bits per heavy atom. The van der Waals surface area contributed by atoms with Crippen LogP contribution in [0.2, 0.25) is 5.02 Å². The maximum absolute atomic E-state index is 13.2. The Kier molecular flexibility index (Phi) is 10.5. The maximum Gasteiger partial charge on any atom is 0.225 e. The zero-order chi connectivity index (χ0) is 24.3. The summed E-state index contributed by atoms with van der Waals surface area (Å²) in [7, 11) is 0. The van der Waals surface area contributed by atoms with Crippen molar-refractivity contribution in [1.29, 1.82) is 0 Å². The molecule has 2 aliphatic rings. The van der Waals surface area contributed by atoms with Crippen molar-refractivity contribution in [2.24, 2.45) is 15.2 Å². The van der Waals surface area contributed by atoms with Crippen molar-refractivity contribution in [2.45, 2.75) is 36.2 Å². The van der Waals surface area contributed by atoms with Crippen LogP contribution in [0.5, 0.6) is 0 Å². The summed E-state index contributed by atoms with van der Waals surface area (Å²) in [5, 5.41) is 12.8. The van der Waals surface area contributed by atoms with Gasteiger partial charge in [-0.15, -0.1) is 0 Å². The molecule has 1 heterocycles. The zero-order valence-electron chi connectivity index (χ0n) is 18.7. The first kappa shape index (κ1) is 26.3. The molecule has 0 atom stereocenters. The summed E-state index contributed by atoms with van der Waals surface area (Å²) in [6.45, 7) is 7.44. The fraction of sp³-hybridized carbons (Fsp3) is 0.250. The van der Waals surface area contributed by atoms with Gasteiger partial charge >= 0.3 is 0 Å². The average molecular weight is 519 g/mol. The molecule has 2 aromatic carbocycles. The third kappa shape index (κ3) is 7.89. The first-order valence-corrected chi connectivity index (χ1v) is 12.8. The van der Waals surface area contributed by atoms with Crippen molar-refractivity contribution in [3.63, 3.8) is 0 Å². The standard InChI is InChI=1S/C20H22ClFN6S2.C4H6/c21-14-3-7-18(8-4-14)29-27-20(24-16-11-17(12-16)26-30-23)28-10-9-19(25-28)13-1-5-15(22)6-2-13;1-3-4-2/h1-8,16-17,26H,9-12,23H2,(H,24,27);3-4H,1-2H2. The molecule has 1 fully saturated rings. The van der Waals surface area contributed by atoms with Gasteiger partial charge in [-0.3, -0.25) is 9.86 Å². The monoisotopic (exact) mass is 518 g/mol. The zero-order valence-corrected chi connectivity index (χ0v) is 21.1. The minimum Gasteiger partial charge on any atom is -0.295 e. The largest absolute Gasteiger partial charge is 0.295 e. The predicted molar refractivity (Wildman–Crippen MR) is 144 cm³/mol. The normalized spacial score (nSPS) is 19.4. The van der Waals surface area contributed by atoms with E-state index in [2.05, 4.69) is 22.6 Å². The van der Waals surface area contributed by atoms with Crippen LogP contribution in [0.1, 0.15) is 24.8 Å². The molecule has 0 radical (unpaired) electrons. The number of aliphatic imine (C=N–C) groups is 1. The molecule has 0 saturated heterocycles. The van der Waals surface area contributed by atoms with Gasteiger partial charge in [-0.1, -0.05) is 49.0 Å². The van der Waals surface area contributed by atoms with Crippen molar-refractivity contribution >= 4 is 47.4 Å². The summed E-state index contributed by atoms with van der Waals surface area (Å²) in [4.78, 5) is 5.93. The molecule has 4 N–H and O–H groups in total. The molecule has 1 aliphatic carbocycles. The SMILES string of the molecule is C=CC=C.NSNC1CC(N=C(NSc2ccc(Cl)cc2)N2CCC(c3ccc(F)cc3)=N2)C1. The third-order valence-corrected chi connectivity index (χ3v) is 6.63. The van der Waals surface area contributed by atoms with E-state index in [9.17, 15) is 4.39 Å². The van der Waals surface area contributed by atoms with Crippen LogP contribution in [-0.4, -0.2) is 35.3 Å². The molecule has 6 nitrogen and oxygen atoms in total. The van der Waals surface area contributed by atoms with E-state index in [1.807, 2.05) is 29.3 Å². The predicted octanol–water partition coefficient (Wildman–Crippen LogP) is 5.54. The number of hydrogen-bond donors (Lipinski definition) is 3. The Bertz CT molecular complexity index is 1000. The van der Waals surface area contributed by atoms with Gasteiger partial charge in [0.05, 0.1) is 18.3 Å². The lowest BCUT2D eigenvalue weighted by molar-refractivity contribution is 0.330. The summed E-state index contributed by atoms with van der Waals surface area (Å²) in [6, 6.07) is 14.7. The second-order valence-corrected chi connectivity index (χ2v) is 9.35. The number of nitrogens with zero attached hydrogens (tertiary/aromatic N) is 3. The van der Waals surface area contributed by atoms with E-state index in [0.29, 0.717) is 17.6 Å². The van der Waals surface area contributed by atoms with E-state index in [-0.39, 0.29) is 11.9 Å². The molecule has 0 aromatic heterocycles. The number of hydrazone groups is 1. The summed E-state index contributed by atoms with van der Waals surface area (Å²) in [5.74, 6) is 0.470. The van der Waals surface area contributed by atoms with Gasteiger partial charge < -0.3 is 0 Å². The molecule has 2 aromatic rings. The maximum atomic E-state index is 13.2. The number of nitrogens with two attached hydrogens (primary N) is 1. The van der Waals surface area contributed by atoms with Gasteiger partial charge in [-0.05, 0) is 66.8 Å². The van der Waals surface area contributed by atoms with Gasteiger partial charge in [-0.2, -0.15) is 5.10 Å². The molecule has 4 rings (SSSR count). The van der Waals surface area contributed by atoms with Crippen molar-refractivity contribution in [1.82, 2.24) is 14.5 Å². The molecule has 34 heavy (non-hydrogen) atoms. The van der Waals surface area contributed by atoms with E-state index in [0.717, 1.165) is 53.5 Å². The lowest BCUT2D eigenvalue weighted by atomic mass is 9.88. The van der Waals surface area contributed by atoms with Crippen LogP contribution in [0.3, 0.4) is 0 Å². The molecule has 10 heteroatoms. The van der Waals surface area contributed by atoms with Crippen LogP contribution in [0.4, 0.5) is 4.39 Å². The molecule has 1 saturated carbocycles. The highest BCUT2D eigenvalue weighted by atomic mass is 35.5. The summed E-state index contributed by atoms with van der Waals surface area (Å²) >= 11 is 8.60. The van der Waals surface area contributed by atoms with Crippen molar-refractivity contribution in [3.8, 4) is 0 Å². The van der Waals surface area contributed by atoms with Gasteiger partial charge in [0.2, 0.25) is 5.96 Å². The lowest BCUT2D eigenvalue weighted by Gasteiger charge is -2.33. The second-order valence-electron chi connectivity index (χ2n) is 7.57. The molecular weight excluding hydrogens is 491 g/mol. The minimum absolute atomic E-state index is 0.216. The van der Waals surface area contributed by atoms with Crippen LogP contribution >= 0.6 is 35.7 Å². The van der Waals surface area contributed by atoms with Crippen LogP contribution < -0.4 is 14.6 Å². The average Bonchev–Trinajstić information content (AvgIpc) is 3.31. The van der Waals surface area contributed by atoms with E-state index in [1.165, 1.54) is 24.1 Å². The molecule has 0 bridgehead atoms. The number of guanidine groups is 1. The fourth-order valence-corrected chi connectivity index (χ4v) is 4.42. The van der Waals surface area contributed by atoms with Crippen LogP contribution in [-0.2, 0) is 0 Å². The summed E-state index contributed by atoms with van der Waals surface area (Å²) < 4.78 is 19.8. The van der Waals surface area contributed by atoms with E-state index in [1.54, 1.807) is 24.3 Å². The molecule has 0 amide bonds. The minimum atomic E-state index is -0.249. The van der Waals surface area contributed by atoms with E-state index in [4.69, 9.17) is 26.8 Å². The molecule has 1 aliphatic heterocycles. The lowest BCUT2D eigenvalue weighted by Crippen LogP contribution is -2.43. The van der Waals surface area contributed by atoms with Crippen molar-refractivity contribution < 1.29 is 4.39 Å². The van der Waals surface area contributed by atoms with Crippen molar-refractivity contribution in [3.05, 3.63) is 90.2 Å². The Morgan fingerprint density at radius 1 is 1.15 bits per heavy atom. The Hall–Kier alpha value is -2.30. The molecule has 0 spiro atoms. The number of nitrogens with one attached hydrogen (secondary N) is 2.